The third-order valence-corrected chi connectivity index (χ3v) is 7.79. The zero-order chi connectivity index (χ0) is 27.6. The summed E-state index contributed by atoms with van der Waals surface area (Å²) in [5, 5.41) is 14.4. The summed E-state index contributed by atoms with van der Waals surface area (Å²) < 4.78 is 20.4. The van der Waals surface area contributed by atoms with E-state index in [2.05, 4.69) is 32.5 Å². The number of pyridine rings is 1. The van der Waals surface area contributed by atoms with E-state index in [-0.39, 0.29) is 30.3 Å². The molecule has 5 rings (SSSR count). The average Bonchev–Trinajstić information content (AvgIpc) is 3.74. The van der Waals surface area contributed by atoms with Crippen molar-refractivity contribution in [3.8, 4) is 11.5 Å². The minimum absolute atomic E-state index is 0.126. The fourth-order valence-electron chi connectivity index (χ4n) is 5.05. The topological polar surface area (TPSA) is 127 Å². The number of aromatic nitrogens is 1. The number of likely N-dealkylation sites (tertiary alicyclic amines) is 1. The molecule has 0 atom stereocenters. The van der Waals surface area contributed by atoms with E-state index in [1.165, 1.54) is 18.3 Å². The number of anilines is 2. The van der Waals surface area contributed by atoms with Crippen LogP contribution in [-0.4, -0.2) is 95.1 Å². The second-order valence-corrected chi connectivity index (χ2v) is 10.4. The van der Waals surface area contributed by atoms with Crippen LogP contribution in [0, 0.1) is 11.2 Å². The van der Waals surface area contributed by atoms with Gasteiger partial charge in [-0.2, -0.15) is 0 Å². The fraction of sp³-hybridized carbons (Fsp3) is 0.481. The van der Waals surface area contributed by atoms with Gasteiger partial charge in [-0.15, -0.1) is 0 Å². The smallest absolute Gasteiger partial charge is 0.323 e. The fourth-order valence-corrected chi connectivity index (χ4v) is 5.05. The Bertz CT molecular complexity index is 1240. The molecule has 2 aromatic rings. The summed E-state index contributed by atoms with van der Waals surface area (Å²) in [6, 6.07) is 7.28. The molecule has 1 aromatic carbocycles. The van der Waals surface area contributed by atoms with Crippen LogP contribution < -0.4 is 15.4 Å². The predicted molar refractivity (Wildman–Crippen MR) is 141 cm³/mol. The normalized spacial score (nSPS) is 19.8. The second-order valence-electron chi connectivity index (χ2n) is 10.4. The van der Waals surface area contributed by atoms with E-state index in [9.17, 15) is 23.9 Å². The lowest BCUT2D eigenvalue weighted by molar-refractivity contribution is -0.147. The summed E-state index contributed by atoms with van der Waals surface area (Å²) in [6.07, 6.45) is 3.82. The van der Waals surface area contributed by atoms with Crippen LogP contribution >= 0.6 is 0 Å². The van der Waals surface area contributed by atoms with Gasteiger partial charge in [0.05, 0.1) is 5.69 Å². The SMILES string of the molecule is CN1CCN(C2CCN(C(=O)Nc3cc(Oc4ccc(NC(=O)C5(C(=O)O)CC5)c(F)c4)ccn3)CC2)CC1. The number of likely N-dealkylation sites (N-methyl/N-ethyl adjacent to an activating group) is 1. The van der Waals surface area contributed by atoms with Crippen LogP contribution in [0.5, 0.6) is 11.5 Å². The van der Waals surface area contributed by atoms with Crippen molar-refractivity contribution in [2.75, 3.05) is 56.9 Å². The molecule has 11 nitrogen and oxygen atoms in total. The molecule has 12 heteroatoms. The van der Waals surface area contributed by atoms with E-state index < -0.39 is 23.1 Å². The molecule has 39 heavy (non-hydrogen) atoms. The van der Waals surface area contributed by atoms with Crippen molar-refractivity contribution in [2.45, 2.75) is 31.7 Å². The number of aliphatic carboxylic acids is 1. The van der Waals surface area contributed by atoms with Crippen LogP contribution in [0.3, 0.4) is 0 Å². The Hall–Kier alpha value is -3.77. The van der Waals surface area contributed by atoms with Gasteiger partial charge in [-0.1, -0.05) is 0 Å². The van der Waals surface area contributed by atoms with Crippen molar-refractivity contribution < 1.29 is 28.6 Å². The number of nitrogens with zero attached hydrogens (tertiary/aromatic N) is 4. The Morgan fingerprint density at radius 2 is 1.69 bits per heavy atom. The Morgan fingerprint density at radius 1 is 1.00 bits per heavy atom. The van der Waals surface area contributed by atoms with E-state index >= 15 is 0 Å². The molecule has 3 amide bonds. The minimum Gasteiger partial charge on any atom is -0.480 e. The third kappa shape index (κ3) is 6.12. The second kappa shape index (κ2) is 11.1. The van der Waals surface area contributed by atoms with Crippen molar-refractivity contribution in [2.24, 2.45) is 5.41 Å². The highest BCUT2D eigenvalue weighted by Gasteiger charge is 2.57. The Kier molecular flexibility index (Phi) is 7.67. The van der Waals surface area contributed by atoms with Crippen LogP contribution in [0.1, 0.15) is 25.7 Å². The summed E-state index contributed by atoms with van der Waals surface area (Å²) >= 11 is 0. The number of carbonyl (C=O) groups excluding carboxylic acids is 2. The van der Waals surface area contributed by atoms with Crippen LogP contribution in [0.4, 0.5) is 20.7 Å². The zero-order valence-corrected chi connectivity index (χ0v) is 21.9. The van der Waals surface area contributed by atoms with Crippen LogP contribution in [0.15, 0.2) is 36.5 Å². The molecule has 2 aliphatic heterocycles. The van der Waals surface area contributed by atoms with Crippen molar-refractivity contribution in [3.05, 3.63) is 42.3 Å². The number of amides is 3. The highest BCUT2D eigenvalue weighted by Crippen LogP contribution is 2.47. The van der Waals surface area contributed by atoms with E-state index in [1.54, 1.807) is 17.0 Å². The summed E-state index contributed by atoms with van der Waals surface area (Å²) in [7, 11) is 2.14. The van der Waals surface area contributed by atoms with Crippen molar-refractivity contribution in [1.29, 1.82) is 0 Å². The van der Waals surface area contributed by atoms with E-state index in [0.29, 0.717) is 30.7 Å². The van der Waals surface area contributed by atoms with Crippen LogP contribution in [-0.2, 0) is 9.59 Å². The molecule has 0 unspecified atom stereocenters. The summed E-state index contributed by atoms with van der Waals surface area (Å²) in [5.41, 5.74) is -1.60. The molecule has 0 bridgehead atoms. The molecule has 3 heterocycles. The number of piperidine rings is 1. The van der Waals surface area contributed by atoms with Gasteiger partial charge in [0.2, 0.25) is 5.91 Å². The first-order valence-electron chi connectivity index (χ1n) is 13.2. The summed E-state index contributed by atoms with van der Waals surface area (Å²) in [6.45, 7) is 5.63. The molecule has 0 radical (unpaired) electrons. The first-order valence-corrected chi connectivity index (χ1v) is 13.2. The molecule has 2 saturated heterocycles. The number of urea groups is 1. The monoisotopic (exact) mass is 540 g/mol. The molecule has 1 aliphatic carbocycles. The number of halogens is 1. The number of hydrogen-bond acceptors (Lipinski definition) is 7. The summed E-state index contributed by atoms with van der Waals surface area (Å²) in [4.78, 5) is 47.3. The van der Waals surface area contributed by atoms with E-state index in [1.807, 2.05) is 0 Å². The largest absolute Gasteiger partial charge is 0.480 e. The van der Waals surface area contributed by atoms with Gasteiger partial charge in [-0.3, -0.25) is 19.8 Å². The lowest BCUT2D eigenvalue weighted by atomic mass is 10.0. The standard InChI is InChI=1S/C27H33FN6O5/c1-32-12-14-33(15-13-32)18-5-10-34(11-6-18)26(38)31-23-17-20(4-9-29-23)39-19-2-3-22(21(28)16-19)30-24(35)27(7-8-27)25(36)37/h2-4,9,16-18H,5-8,10-15H2,1H3,(H,30,35)(H,36,37)(H,29,31,38). The predicted octanol–water partition coefficient (Wildman–Crippen LogP) is 3.06. The highest BCUT2D eigenvalue weighted by atomic mass is 19.1. The lowest BCUT2D eigenvalue weighted by Gasteiger charge is -2.42. The molecular weight excluding hydrogens is 507 g/mol. The molecule has 208 valence electrons. The third-order valence-electron chi connectivity index (χ3n) is 7.79. The quantitative estimate of drug-likeness (QED) is 0.458. The number of carboxylic acids is 1. The molecule has 0 spiro atoms. The first-order chi connectivity index (χ1) is 18.7. The zero-order valence-electron chi connectivity index (χ0n) is 21.9. The number of ether oxygens (including phenoxy) is 1. The van der Waals surface area contributed by atoms with Crippen molar-refractivity contribution in [1.82, 2.24) is 19.7 Å². The van der Waals surface area contributed by atoms with E-state index in [0.717, 1.165) is 45.1 Å². The Balaban J connectivity index is 1.13. The van der Waals surface area contributed by atoms with Gasteiger partial charge in [0, 0.05) is 63.6 Å². The number of carbonyl (C=O) groups is 3. The van der Waals surface area contributed by atoms with Gasteiger partial charge in [-0.05, 0) is 50.9 Å². The molecule has 1 aromatic heterocycles. The maximum absolute atomic E-state index is 14.6. The Labute approximate surface area is 225 Å². The van der Waals surface area contributed by atoms with E-state index in [4.69, 9.17) is 4.74 Å². The van der Waals surface area contributed by atoms with Crippen LogP contribution in [0.25, 0.3) is 0 Å². The molecule has 3 fully saturated rings. The van der Waals surface area contributed by atoms with Gasteiger partial charge in [-0.25, -0.2) is 14.2 Å². The number of hydrogen-bond donors (Lipinski definition) is 3. The van der Waals surface area contributed by atoms with Gasteiger partial charge in [0.15, 0.2) is 0 Å². The highest BCUT2D eigenvalue weighted by molar-refractivity contribution is 6.10. The first kappa shape index (κ1) is 26.8. The number of rotatable bonds is 7. The maximum Gasteiger partial charge on any atom is 0.323 e. The van der Waals surface area contributed by atoms with Crippen molar-refractivity contribution >= 4 is 29.4 Å². The van der Waals surface area contributed by atoms with Gasteiger partial charge < -0.3 is 25.0 Å². The lowest BCUT2D eigenvalue weighted by Crippen LogP contribution is -2.53. The number of carboxylic acid groups (broad SMARTS) is 1. The molecule has 1 saturated carbocycles. The number of benzene rings is 1. The average molecular weight is 541 g/mol. The van der Waals surface area contributed by atoms with Gasteiger partial charge in [0.1, 0.15) is 28.5 Å². The Morgan fingerprint density at radius 3 is 2.33 bits per heavy atom. The number of piperazine rings is 1. The molecular formula is C27H33FN6O5. The van der Waals surface area contributed by atoms with Gasteiger partial charge in [0.25, 0.3) is 0 Å². The maximum atomic E-state index is 14.6. The van der Waals surface area contributed by atoms with Crippen LogP contribution in [0.2, 0.25) is 0 Å². The van der Waals surface area contributed by atoms with Crippen molar-refractivity contribution in [3.63, 3.8) is 0 Å². The minimum atomic E-state index is -1.47. The number of nitrogens with one attached hydrogen (secondary N) is 2. The summed E-state index contributed by atoms with van der Waals surface area (Å²) in [5.74, 6) is -1.89. The molecule has 3 aliphatic rings. The molecule has 3 N–H and O–H groups in total. The van der Waals surface area contributed by atoms with Gasteiger partial charge >= 0.3 is 12.0 Å².